The first-order valence-corrected chi connectivity index (χ1v) is 10.7. The number of rotatable bonds is 14. The second kappa shape index (κ2) is 12.8. The second-order valence-corrected chi connectivity index (χ2v) is 8.33. The molecule has 9 nitrogen and oxygen atoms in total. The number of hydrogen-bond donors (Lipinski definition) is 4. The lowest BCUT2D eigenvalue weighted by Crippen LogP contribution is -2.58. The Morgan fingerprint density at radius 2 is 1.76 bits per heavy atom. The highest BCUT2D eigenvalue weighted by Gasteiger charge is 2.51. The number of carbonyl (C=O) groups excluding carboxylic acids is 2. The van der Waals surface area contributed by atoms with Crippen molar-refractivity contribution in [2.75, 3.05) is 19.8 Å². The number of amides is 2. The van der Waals surface area contributed by atoms with Crippen LogP contribution in [-0.4, -0.2) is 42.7 Å². The standard InChI is InChI=1S/C21H34F3N5O4/c1-4-5-6-17(30)27-10-12-33-32-11-9-19(2,3)18(31)29-14-15-7-8-16(28-13-15)20(25,26)21(22,23)24/h7-8,13H,4-6,9-12,14,25-26H2,1-3H3,(H,27,30)(H,29,31). The maximum Gasteiger partial charge on any atom is 0.425 e. The molecule has 0 fully saturated rings. The Labute approximate surface area is 191 Å². The molecule has 0 spiro atoms. The van der Waals surface area contributed by atoms with E-state index in [-0.39, 0.29) is 31.6 Å². The maximum atomic E-state index is 12.9. The lowest BCUT2D eigenvalue weighted by atomic mass is 9.88. The molecular weight excluding hydrogens is 443 g/mol. The van der Waals surface area contributed by atoms with E-state index in [4.69, 9.17) is 21.2 Å². The number of carbonyl (C=O) groups is 2. The smallest absolute Gasteiger partial charge is 0.354 e. The molecule has 1 aromatic rings. The number of alkyl halides is 3. The number of nitrogens with zero attached hydrogens (tertiary/aromatic N) is 1. The molecule has 1 rings (SSSR count). The molecule has 0 unspecified atom stereocenters. The first-order valence-electron chi connectivity index (χ1n) is 10.7. The quantitative estimate of drug-likeness (QED) is 0.139. The number of aromatic nitrogens is 1. The van der Waals surface area contributed by atoms with Crippen molar-refractivity contribution in [3.05, 3.63) is 29.6 Å². The summed E-state index contributed by atoms with van der Waals surface area (Å²) in [5.41, 5.74) is 6.40. The Morgan fingerprint density at radius 1 is 1.09 bits per heavy atom. The number of unbranched alkanes of at least 4 members (excludes halogenated alkanes) is 1. The van der Waals surface area contributed by atoms with Crippen LogP contribution in [0.4, 0.5) is 13.2 Å². The summed E-state index contributed by atoms with van der Waals surface area (Å²) in [4.78, 5) is 37.7. The fourth-order valence-corrected chi connectivity index (χ4v) is 2.53. The summed E-state index contributed by atoms with van der Waals surface area (Å²) in [7, 11) is 0. The van der Waals surface area contributed by atoms with Gasteiger partial charge in [-0.2, -0.15) is 13.2 Å². The molecule has 0 aliphatic heterocycles. The van der Waals surface area contributed by atoms with Crippen molar-refractivity contribution >= 4 is 11.8 Å². The Kier molecular flexibility index (Phi) is 11.2. The van der Waals surface area contributed by atoms with Gasteiger partial charge >= 0.3 is 6.18 Å². The predicted octanol–water partition coefficient (Wildman–Crippen LogP) is 2.00. The zero-order valence-electron chi connectivity index (χ0n) is 19.3. The number of hydrogen-bond acceptors (Lipinski definition) is 7. The molecule has 0 aliphatic rings. The van der Waals surface area contributed by atoms with E-state index in [0.717, 1.165) is 18.9 Å². The van der Waals surface area contributed by atoms with Gasteiger partial charge in [0.25, 0.3) is 0 Å². The molecule has 1 heterocycles. The second-order valence-electron chi connectivity index (χ2n) is 8.33. The molecular formula is C21H34F3N5O4. The lowest BCUT2D eigenvalue weighted by molar-refractivity contribution is -0.295. The summed E-state index contributed by atoms with van der Waals surface area (Å²) in [6.07, 6.45) is -1.05. The van der Waals surface area contributed by atoms with E-state index in [9.17, 15) is 22.8 Å². The maximum absolute atomic E-state index is 12.9. The van der Waals surface area contributed by atoms with Gasteiger partial charge in [0.2, 0.25) is 17.5 Å². The molecule has 2 amide bonds. The van der Waals surface area contributed by atoms with E-state index in [2.05, 4.69) is 15.6 Å². The SMILES string of the molecule is CCCCC(=O)NCCOOCCC(C)(C)C(=O)NCc1ccc(C(N)(N)C(F)(F)F)nc1. The normalized spacial score (nSPS) is 12.5. The number of nitrogens with two attached hydrogens (primary N) is 2. The Bertz CT molecular complexity index is 755. The molecule has 1 aromatic heterocycles. The number of halogens is 3. The fraction of sp³-hybridized carbons (Fsp3) is 0.667. The van der Waals surface area contributed by atoms with E-state index < -0.39 is 22.9 Å². The Balaban J connectivity index is 2.34. The number of pyridine rings is 1. The molecule has 0 aliphatic carbocycles. The highest BCUT2D eigenvalue weighted by atomic mass is 19.4. The third-order valence-electron chi connectivity index (χ3n) is 4.94. The molecule has 12 heteroatoms. The molecule has 188 valence electrons. The molecule has 0 atom stereocenters. The van der Waals surface area contributed by atoms with Crippen LogP contribution in [0.25, 0.3) is 0 Å². The predicted molar refractivity (Wildman–Crippen MR) is 115 cm³/mol. The molecule has 0 bridgehead atoms. The van der Waals surface area contributed by atoms with Crippen molar-refractivity contribution in [2.24, 2.45) is 16.9 Å². The molecule has 0 aromatic carbocycles. The first kappa shape index (κ1) is 28.8. The van der Waals surface area contributed by atoms with Crippen molar-refractivity contribution in [3.8, 4) is 0 Å². The minimum Gasteiger partial charge on any atom is -0.354 e. The fourth-order valence-electron chi connectivity index (χ4n) is 2.53. The van der Waals surface area contributed by atoms with E-state index in [1.807, 2.05) is 6.92 Å². The minimum atomic E-state index is -4.85. The lowest BCUT2D eigenvalue weighted by Gasteiger charge is -2.26. The van der Waals surface area contributed by atoms with Crippen LogP contribution in [0.3, 0.4) is 0 Å². The summed E-state index contributed by atoms with van der Waals surface area (Å²) in [5, 5.41) is 5.42. The van der Waals surface area contributed by atoms with Gasteiger partial charge < -0.3 is 22.1 Å². The summed E-state index contributed by atoms with van der Waals surface area (Å²) in [6, 6.07) is 2.45. The Hall–Kier alpha value is -2.28. The van der Waals surface area contributed by atoms with Crippen LogP contribution in [0.15, 0.2) is 18.3 Å². The summed E-state index contributed by atoms with van der Waals surface area (Å²) in [6.45, 7) is 6.20. The third-order valence-corrected chi connectivity index (χ3v) is 4.94. The Morgan fingerprint density at radius 3 is 2.33 bits per heavy atom. The van der Waals surface area contributed by atoms with Crippen molar-refractivity contribution in [3.63, 3.8) is 0 Å². The van der Waals surface area contributed by atoms with Crippen molar-refractivity contribution in [2.45, 2.75) is 64.8 Å². The average Bonchev–Trinajstić information content (AvgIpc) is 2.74. The van der Waals surface area contributed by atoms with Crippen LogP contribution in [-0.2, 0) is 31.6 Å². The summed E-state index contributed by atoms with van der Waals surface area (Å²) >= 11 is 0. The summed E-state index contributed by atoms with van der Waals surface area (Å²) < 4.78 is 38.6. The molecule has 0 saturated heterocycles. The van der Waals surface area contributed by atoms with E-state index in [0.29, 0.717) is 24.9 Å². The van der Waals surface area contributed by atoms with Crippen molar-refractivity contribution < 1.29 is 32.5 Å². The van der Waals surface area contributed by atoms with Crippen LogP contribution < -0.4 is 22.1 Å². The molecule has 33 heavy (non-hydrogen) atoms. The van der Waals surface area contributed by atoms with Gasteiger partial charge in [0.15, 0.2) is 0 Å². The summed E-state index contributed by atoms with van der Waals surface area (Å²) in [5.74, 6) is -0.311. The van der Waals surface area contributed by atoms with E-state index >= 15 is 0 Å². The van der Waals surface area contributed by atoms with Gasteiger partial charge in [-0.1, -0.05) is 33.3 Å². The zero-order chi connectivity index (χ0) is 25.1. The number of nitrogens with one attached hydrogen (secondary N) is 2. The molecule has 0 radical (unpaired) electrons. The third kappa shape index (κ3) is 9.62. The van der Waals surface area contributed by atoms with Crippen molar-refractivity contribution in [1.29, 1.82) is 0 Å². The topological polar surface area (TPSA) is 142 Å². The van der Waals surface area contributed by atoms with Gasteiger partial charge in [-0.3, -0.25) is 14.6 Å². The average molecular weight is 478 g/mol. The van der Waals surface area contributed by atoms with E-state index in [1.54, 1.807) is 13.8 Å². The molecule has 6 N–H and O–H groups in total. The first-order chi connectivity index (χ1) is 15.3. The van der Waals surface area contributed by atoms with Crippen molar-refractivity contribution in [1.82, 2.24) is 15.6 Å². The highest BCUT2D eigenvalue weighted by Crippen LogP contribution is 2.31. The zero-order valence-corrected chi connectivity index (χ0v) is 19.3. The van der Waals surface area contributed by atoms with Crippen LogP contribution in [0, 0.1) is 5.41 Å². The monoisotopic (exact) mass is 477 g/mol. The largest absolute Gasteiger partial charge is 0.425 e. The van der Waals surface area contributed by atoms with E-state index in [1.165, 1.54) is 12.3 Å². The molecule has 0 saturated carbocycles. The minimum absolute atomic E-state index is 0.0335. The van der Waals surface area contributed by atoms with Crippen LogP contribution in [0.2, 0.25) is 0 Å². The van der Waals surface area contributed by atoms with Crippen LogP contribution in [0.5, 0.6) is 0 Å². The van der Waals surface area contributed by atoms with Crippen LogP contribution >= 0.6 is 0 Å². The van der Waals surface area contributed by atoms with Gasteiger partial charge in [0, 0.05) is 31.1 Å². The highest BCUT2D eigenvalue weighted by molar-refractivity contribution is 5.81. The van der Waals surface area contributed by atoms with Gasteiger partial charge in [0.1, 0.15) is 0 Å². The van der Waals surface area contributed by atoms with Crippen LogP contribution in [0.1, 0.15) is 57.7 Å². The van der Waals surface area contributed by atoms with Gasteiger partial charge in [-0.15, -0.1) is 0 Å². The van der Waals surface area contributed by atoms with Gasteiger partial charge in [-0.25, -0.2) is 9.78 Å². The van der Waals surface area contributed by atoms with Gasteiger partial charge in [0.05, 0.1) is 18.9 Å². The van der Waals surface area contributed by atoms with Gasteiger partial charge in [-0.05, 0) is 24.5 Å².